The molecule has 39 heavy (non-hydrogen) atoms. The highest BCUT2D eigenvalue weighted by Crippen LogP contribution is 2.43. The highest BCUT2D eigenvalue weighted by Gasteiger charge is 2.50. The van der Waals surface area contributed by atoms with Gasteiger partial charge in [-0.1, -0.05) is 24.6 Å². The molecule has 3 amide bonds. The number of aliphatic hydroxyl groups excluding tert-OH is 1. The Bertz CT molecular complexity index is 1370. The second-order valence-corrected chi connectivity index (χ2v) is 12.5. The third kappa shape index (κ3) is 5.22. The van der Waals surface area contributed by atoms with E-state index >= 15 is 0 Å². The van der Waals surface area contributed by atoms with Crippen LogP contribution in [0.5, 0.6) is 0 Å². The van der Waals surface area contributed by atoms with E-state index in [0.717, 1.165) is 19.3 Å². The molecule has 3 aliphatic rings. The van der Waals surface area contributed by atoms with Gasteiger partial charge < -0.3 is 25.6 Å². The molecule has 3 heterocycles. The molecule has 11 nitrogen and oxygen atoms in total. The number of aromatic nitrogens is 1. The lowest BCUT2D eigenvalue weighted by Gasteiger charge is -2.29. The first kappa shape index (κ1) is 27.1. The van der Waals surface area contributed by atoms with Gasteiger partial charge in [-0.3, -0.25) is 19.2 Å². The van der Waals surface area contributed by atoms with E-state index in [1.807, 2.05) is 0 Å². The minimum Gasteiger partial charge on any atom is -0.389 e. The van der Waals surface area contributed by atoms with E-state index in [1.54, 1.807) is 18.2 Å². The summed E-state index contributed by atoms with van der Waals surface area (Å²) >= 11 is 0. The number of nitrogens with zero attached hydrogens (tertiary/aromatic N) is 1. The van der Waals surface area contributed by atoms with Crippen LogP contribution in [0.3, 0.4) is 0 Å². The van der Waals surface area contributed by atoms with E-state index in [9.17, 15) is 32.7 Å². The number of benzene rings is 1. The number of hydrogen-bond acceptors (Lipinski definition) is 7. The number of nitrogens with one attached hydrogen (secondary N) is 3. The number of rotatable bonds is 9. The average molecular weight is 557 g/mol. The maximum Gasteiger partial charge on any atom is 0.271 e. The van der Waals surface area contributed by atoms with Gasteiger partial charge in [0.15, 0.2) is 5.78 Å². The van der Waals surface area contributed by atoms with Crippen LogP contribution in [0.1, 0.15) is 42.6 Å². The van der Waals surface area contributed by atoms with Gasteiger partial charge in [-0.2, -0.15) is 0 Å². The van der Waals surface area contributed by atoms with Gasteiger partial charge in [-0.15, -0.1) is 0 Å². The molecule has 12 heteroatoms. The number of aliphatic hydroxyl groups is 1. The molecule has 1 saturated carbocycles. The van der Waals surface area contributed by atoms with Crippen molar-refractivity contribution in [2.45, 2.75) is 54.0 Å². The summed E-state index contributed by atoms with van der Waals surface area (Å²) in [5.74, 6) is -2.24. The van der Waals surface area contributed by atoms with Gasteiger partial charge in [-0.25, -0.2) is 8.42 Å². The first-order valence-corrected chi connectivity index (χ1v) is 14.7. The molecule has 2 aliphatic heterocycles. The molecule has 0 bridgehead atoms. The van der Waals surface area contributed by atoms with Crippen LogP contribution in [0.4, 0.5) is 0 Å². The Morgan fingerprint density at radius 3 is 2.56 bits per heavy atom. The Balaban J connectivity index is 1.37. The molecular weight excluding hydrogens is 524 g/mol. The first-order valence-electron chi connectivity index (χ1n) is 13.2. The number of amides is 3. The van der Waals surface area contributed by atoms with E-state index in [4.69, 9.17) is 0 Å². The highest BCUT2D eigenvalue weighted by atomic mass is 32.2. The summed E-state index contributed by atoms with van der Waals surface area (Å²) in [5.41, 5.74) is 0.0490. The Kier molecular flexibility index (Phi) is 7.59. The molecule has 1 aromatic heterocycles. The molecule has 0 spiro atoms. The number of carbonyl (C=O) groups is 4. The topological polar surface area (TPSA) is 166 Å². The summed E-state index contributed by atoms with van der Waals surface area (Å²) in [6.45, 7) is 0.0507. The second kappa shape index (κ2) is 10.9. The van der Waals surface area contributed by atoms with Crippen LogP contribution in [-0.4, -0.2) is 78.7 Å². The van der Waals surface area contributed by atoms with Crippen molar-refractivity contribution in [1.29, 1.82) is 0 Å². The summed E-state index contributed by atoms with van der Waals surface area (Å²) < 4.78 is 26.0. The van der Waals surface area contributed by atoms with Gasteiger partial charge >= 0.3 is 0 Å². The lowest BCUT2D eigenvalue weighted by Crippen LogP contribution is -2.53. The smallest absolute Gasteiger partial charge is 0.271 e. The van der Waals surface area contributed by atoms with Crippen LogP contribution in [0.2, 0.25) is 0 Å². The van der Waals surface area contributed by atoms with Crippen molar-refractivity contribution in [2.24, 2.45) is 17.8 Å². The molecule has 5 unspecified atom stereocenters. The molecule has 208 valence electrons. The summed E-state index contributed by atoms with van der Waals surface area (Å²) in [7, 11) is -3.84. The van der Waals surface area contributed by atoms with Gasteiger partial charge in [-0.05, 0) is 55.7 Å². The Labute approximate surface area is 226 Å². The highest BCUT2D eigenvalue weighted by molar-refractivity contribution is 7.91. The minimum absolute atomic E-state index is 0.0490. The zero-order chi connectivity index (χ0) is 27.7. The lowest BCUT2D eigenvalue weighted by atomic mass is 9.92. The third-order valence-electron chi connectivity index (χ3n) is 8.21. The monoisotopic (exact) mass is 556 g/mol. The van der Waals surface area contributed by atoms with Gasteiger partial charge in [0.05, 0.1) is 15.8 Å². The fourth-order valence-corrected chi connectivity index (χ4v) is 7.46. The SMILES string of the molecule is O=C1NCCC1CC(NC(=O)C1C2CCCC2CN1C(=O)c1cc(S(=O)(=O)c2ccccc2)c[nH]1)C(=O)CO. The number of ketones is 1. The summed E-state index contributed by atoms with van der Waals surface area (Å²) in [6.07, 6.45) is 4.40. The van der Waals surface area contributed by atoms with Gasteiger partial charge in [0.2, 0.25) is 21.7 Å². The molecule has 5 atom stereocenters. The molecule has 1 aromatic carbocycles. The predicted octanol–water partition coefficient (Wildman–Crippen LogP) is 0.661. The van der Waals surface area contributed by atoms with Crippen LogP contribution in [0, 0.1) is 17.8 Å². The van der Waals surface area contributed by atoms with Gasteiger partial charge in [0.1, 0.15) is 18.3 Å². The number of hydrogen-bond donors (Lipinski definition) is 4. The molecule has 5 rings (SSSR count). The van der Waals surface area contributed by atoms with Gasteiger partial charge in [0, 0.05) is 25.2 Å². The third-order valence-corrected chi connectivity index (χ3v) is 9.96. The van der Waals surface area contributed by atoms with E-state index < -0.39 is 52.0 Å². The Morgan fingerprint density at radius 1 is 1.10 bits per heavy atom. The van der Waals surface area contributed by atoms with Crippen LogP contribution >= 0.6 is 0 Å². The largest absolute Gasteiger partial charge is 0.389 e. The molecule has 1 aliphatic carbocycles. The van der Waals surface area contributed by atoms with Crippen molar-refractivity contribution in [3.05, 3.63) is 48.3 Å². The maximum absolute atomic E-state index is 13.6. The van der Waals surface area contributed by atoms with Crippen molar-refractivity contribution in [3.63, 3.8) is 0 Å². The molecule has 0 radical (unpaired) electrons. The van der Waals surface area contributed by atoms with E-state index in [2.05, 4.69) is 15.6 Å². The maximum atomic E-state index is 13.6. The minimum atomic E-state index is -3.84. The number of likely N-dealkylation sites (tertiary alicyclic amines) is 1. The van der Waals surface area contributed by atoms with Crippen molar-refractivity contribution in [3.8, 4) is 0 Å². The normalized spacial score (nSPS) is 25.3. The van der Waals surface area contributed by atoms with E-state index in [1.165, 1.54) is 29.3 Å². The second-order valence-electron chi connectivity index (χ2n) is 10.5. The van der Waals surface area contributed by atoms with Crippen LogP contribution in [-0.2, 0) is 24.2 Å². The standard InChI is InChI=1S/C27H32N4O7S/c32-15-23(33)21(11-16-9-10-28-25(16)34)30-26(35)24-20-8-4-5-17(20)14-31(24)27(36)22-12-19(13-29-22)39(37,38)18-6-2-1-3-7-18/h1-3,6-7,12-13,16-17,20-21,24,29,32H,4-5,8-11,14-15H2,(H,28,34)(H,30,35). The average Bonchev–Trinajstić information content (AvgIpc) is 3.73. The molecule has 3 fully saturated rings. The fourth-order valence-electron chi connectivity index (χ4n) is 6.19. The summed E-state index contributed by atoms with van der Waals surface area (Å²) in [6, 6.07) is 7.27. The van der Waals surface area contributed by atoms with Crippen molar-refractivity contribution >= 4 is 33.3 Å². The lowest BCUT2D eigenvalue weighted by molar-refractivity contribution is -0.133. The number of H-pyrrole nitrogens is 1. The molecule has 4 N–H and O–H groups in total. The zero-order valence-corrected chi connectivity index (χ0v) is 22.2. The van der Waals surface area contributed by atoms with Crippen molar-refractivity contribution in [2.75, 3.05) is 19.7 Å². The number of aromatic amines is 1. The molecule has 2 aromatic rings. The number of carbonyl (C=O) groups excluding carboxylic acids is 4. The Morgan fingerprint density at radius 2 is 1.87 bits per heavy atom. The summed E-state index contributed by atoms with van der Waals surface area (Å²) in [5, 5.41) is 14.9. The molecular formula is C27H32N4O7S. The fraction of sp³-hybridized carbons (Fsp3) is 0.481. The predicted molar refractivity (Wildman–Crippen MR) is 138 cm³/mol. The van der Waals surface area contributed by atoms with Crippen LogP contribution in [0.25, 0.3) is 0 Å². The zero-order valence-electron chi connectivity index (χ0n) is 21.3. The number of Topliss-reactive ketones (excluding diaryl/α,β-unsaturated/α-hetero) is 1. The van der Waals surface area contributed by atoms with Crippen LogP contribution in [0.15, 0.2) is 52.4 Å². The van der Waals surface area contributed by atoms with Gasteiger partial charge in [0.25, 0.3) is 5.91 Å². The van der Waals surface area contributed by atoms with Crippen LogP contribution < -0.4 is 10.6 Å². The Hall–Kier alpha value is -3.51. The quantitative estimate of drug-likeness (QED) is 0.352. The van der Waals surface area contributed by atoms with E-state index in [-0.39, 0.29) is 39.6 Å². The van der Waals surface area contributed by atoms with Crippen molar-refractivity contribution in [1.82, 2.24) is 20.5 Å². The first-order chi connectivity index (χ1) is 18.7. The molecule has 2 saturated heterocycles. The number of fused-ring (bicyclic) bond motifs is 1. The van der Waals surface area contributed by atoms with E-state index in [0.29, 0.717) is 19.5 Å². The number of sulfone groups is 1. The summed E-state index contributed by atoms with van der Waals surface area (Å²) in [4.78, 5) is 56.1. The van der Waals surface area contributed by atoms with Crippen molar-refractivity contribution < 1.29 is 32.7 Å².